The van der Waals surface area contributed by atoms with Gasteiger partial charge in [0, 0.05) is 13.0 Å². The number of benzene rings is 1. The standard InChI is InChI=1S/C22H31N3O3.HI/c1-17(18-9-6-5-7-10-18)25-21(23-14-12-19-11-8-16-27-19)24-15-13-20(26)28-22(2,3)4;/h5-11,16-17H,12-15H2,1-4H3,(H2,23,24,25);1H. The summed E-state index contributed by atoms with van der Waals surface area (Å²) in [5.74, 6) is 1.32. The van der Waals surface area contributed by atoms with E-state index in [9.17, 15) is 4.79 Å². The fourth-order valence-electron chi connectivity index (χ4n) is 2.59. The molecule has 0 saturated carbocycles. The number of carbonyl (C=O) groups is 1. The van der Waals surface area contributed by atoms with Gasteiger partial charge in [-0.1, -0.05) is 30.3 Å². The largest absolute Gasteiger partial charge is 0.469 e. The predicted molar refractivity (Wildman–Crippen MR) is 127 cm³/mol. The highest BCUT2D eigenvalue weighted by Crippen LogP contribution is 2.11. The maximum absolute atomic E-state index is 11.9. The molecule has 0 radical (unpaired) electrons. The zero-order valence-electron chi connectivity index (χ0n) is 17.6. The van der Waals surface area contributed by atoms with E-state index in [1.807, 2.05) is 51.1 Å². The minimum Gasteiger partial charge on any atom is -0.469 e. The Hall–Kier alpha value is -2.03. The Labute approximate surface area is 190 Å². The first-order valence-electron chi connectivity index (χ1n) is 9.67. The number of nitrogens with one attached hydrogen (secondary N) is 2. The minimum atomic E-state index is -0.481. The first-order chi connectivity index (χ1) is 13.3. The highest BCUT2D eigenvalue weighted by atomic mass is 127. The van der Waals surface area contributed by atoms with Gasteiger partial charge in [0.1, 0.15) is 11.4 Å². The first-order valence-corrected chi connectivity index (χ1v) is 9.67. The molecule has 2 aromatic rings. The normalized spacial score (nSPS) is 12.6. The van der Waals surface area contributed by atoms with Crippen molar-refractivity contribution in [2.45, 2.75) is 52.2 Å². The number of nitrogens with zero attached hydrogens (tertiary/aromatic N) is 1. The topological polar surface area (TPSA) is 75.9 Å². The van der Waals surface area contributed by atoms with Crippen molar-refractivity contribution in [2.75, 3.05) is 13.1 Å². The third-order valence-corrected chi connectivity index (χ3v) is 3.90. The van der Waals surface area contributed by atoms with Crippen molar-refractivity contribution >= 4 is 35.9 Å². The molecule has 1 heterocycles. The maximum Gasteiger partial charge on any atom is 0.308 e. The molecule has 0 spiro atoms. The summed E-state index contributed by atoms with van der Waals surface area (Å²) in [7, 11) is 0. The van der Waals surface area contributed by atoms with Crippen molar-refractivity contribution in [3.63, 3.8) is 0 Å². The second kappa shape index (κ2) is 12.5. The summed E-state index contributed by atoms with van der Waals surface area (Å²) in [6, 6.07) is 14.1. The van der Waals surface area contributed by atoms with Gasteiger partial charge in [-0.2, -0.15) is 0 Å². The predicted octanol–water partition coefficient (Wildman–Crippen LogP) is 4.47. The molecule has 0 saturated heterocycles. The number of guanidine groups is 1. The number of halogens is 1. The zero-order valence-corrected chi connectivity index (χ0v) is 19.9. The van der Waals surface area contributed by atoms with Crippen LogP contribution >= 0.6 is 24.0 Å². The van der Waals surface area contributed by atoms with E-state index in [4.69, 9.17) is 9.15 Å². The van der Waals surface area contributed by atoms with Crippen LogP contribution in [0.1, 0.15) is 51.5 Å². The van der Waals surface area contributed by atoms with Crippen molar-refractivity contribution in [1.29, 1.82) is 0 Å². The summed E-state index contributed by atoms with van der Waals surface area (Å²) in [5, 5.41) is 6.70. The Morgan fingerprint density at radius 1 is 1.17 bits per heavy atom. The fraction of sp³-hybridized carbons (Fsp3) is 0.455. The second-order valence-electron chi connectivity index (χ2n) is 7.60. The van der Waals surface area contributed by atoms with Crippen LogP contribution in [-0.2, 0) is 16.0 Å². The Kier molecular flexibility index (Phi) is 10.8. The van der Waals surface area contributed by atoms with Gasteiger partial charge in [-0.15, -0.1) is 24.0 Å². The molecule has 1 atom stereocenters. The number of furan rings is 1. The van der Waals surface area contributed by atoms with E-state index in [0.29, 0.717) is 19.0 Å². The van der Waals surface area contributed by atoms with Gasteiger partial charge >= 0.3 is 5.97 Å². The molecule has 160 valence electrons. The maximum atomic E-state index is 11.9. The molecular formula is C22H32IN3O3. The number of hydrogen-bond donors (Lipinski definition) is 2. The van der Waals surface area contributed by atoms with Crippen LogP contribution < -0.4 is 10.6 Å². The molecule has 2 N–H and O–H groups in total. The van der Waals surface area contributed by atoms with Gasteiger partial charge in [0.25, 0.3) is 0 Å². The summed E-state index contributed by atoms with van der Waals surface area (Å²) in [6.45, 7) is 8.68. The SMILES string of the molecule is CC(NC(=NCCC(=O)OC(C)(C)C)NCCc1ccco1)c1ccccc1.I. The summed E-state index contributed by atoms with van der Waals surface area (Å²) >= 11 is 0. The minimum absolute atomic E-state index is 0. The van der Waals surface area contributed by atoms with E-state index in [1.165, 1.54) is 0 Å². The lowest BCUT2D eigenvalue weighted by atomic mass is 10.1. The molecule has 1 unspecified atom stereocenters. The highest BCUT2D eigenvalue weighted by molar-refractivity contribution is 14.0. The third-order valence-electron chi connectivity index (χ3n) is 3.90. The van der Waals surface area contributed by atoms with Crippen LogP contribution in [0.15, 0.2) is 58.1 Å². The quantitative estimate of drug-likeness (QED) is 0.236. The molecule has 29 heavy (non-hydrogen) atoms. The lowest BCUT2D eigenvalue weighted by molar-refractivity contribution is -0.154. The number of esters is 1. The molecule has 0 aliphatic rings. The zero-order chi connectivity index (χ0) is 20.4. The Bertz CT molecular complexity index is 740. The van der Waals surface area contributed by atoms with E-state index in [2.05, 4.69) is 34.7 Å². The molecule has 0 fully saturated rings. The Morgan fingerprint density at radius 3 is 2.52 bits per heavy atom. The van der Waals surface area contributed by atoms with Gasteiger partial charge < -0.3 is 19.8 Å². The lowest BCUT2D eigenvalue weighted by Gasteiger charge is -2.20. The van der Waals surface area contributed by atoms with Gasteiger partial charge in [0.05, 0.1) is 25.3 Å². The van der Waals surface area contributed by atoms with E-state index in [-0.39, 0.29) is 42.4 Å². The smallest absolute Gasteiger partial charge is 0.308 e. The number of carbonyl (C=O) groups excluding carboxylic acids is 1. The average Bonchev–Trinajstić information content (AvgIpc) is 3.14. The van der Waals surface area contributed by atoms with Crippen LogP contribution in [-0.4, -0.2) is 30.6 Å². The average molecular weight is 513 g/mol. The number of rotatable bonds is 8. The van der Waals surface area contributed by atoms with Crippen molar-refractivity contribution in [3.05, 3.63) is 60.1 Å². The molecule has 1 aromatic heterocycles. The first kappa shape index (κ1) is 25.0. The summed E-state index contributed by atoms with van der Waals surface area (Å²) in [4.78, 5) is 16.4. The number of hydrogen-bond acceptors (Lipinski definition) is 4. The summed E-state index contributed by atoms with van der Waals surface area (Å²) in [5.41, 5.74) is 0.681. The molecular weight excluding hydrogens is 481 g/mol. The van der Waals surface area contributed by atoms with Crippen LogP contribution in [0.2, 0.25) is 0 Å². The molecule has 0 amide bonds. The number of ether oxygens (including phenoxy) is 1. The van der Waals surface area contributed by atoms with E-state index < -0.39 is 5.60 Å². The molecule has 7 heteroatoms. The van der Waals surface area contributed by atoms with Gasteiger partial charge in [-0.05, 0) is 45.4 Å². The molecule has 0 aliphatic carbocycles. The highest BCUT2D eigenvalue weighted by Gasteiger charge is 2.16. The van der Waals surface area contributed by atoms with Crippen LogP contribution in [0.4, 0.5) is 0 Å². The van der Waals surface area contributed by atoms with Crippen LogP contribution in [0.5, 0.6) is 0 Å². The van der Waals surface area contributed by atoms with Gasteiger partial charge in [0.2, 0.25) is 0 Å². The molecule has 1 aromatic carbocycles. The van der Waals surface area contributed by atoms with E-state index in [0.717, 1.165) is 17.7 Å². The second-order valence-corrected chi connectivity index (χ2v) is 7.60. The fourth-order valence-corrected chi connectivity index (χ4v) is 2.59. The summed E-state index contributed by atoms with van der Waals surface area (Å²) < 4.78 is 10.7. The Balaban J connectivity index is 0.00000420. The summed E-state index contributed by atoms with van der Waals surface area (Å²) in [6.07, 6.45) is 2.66. The number of aliphatic imine (C=N–C) groups is 1. The van der Waals surface area contributed by atoms with Crippen molar-refractivity contribution in [1.82, 2.24) is 10.6 Å². The van der Waals surface area contributed by atoms with Crippen molar-refractivity contribution in [2.24, 2.45) is 4.99 Å². The van der Waals surface area contributed by atoms with E-state index >= 15 is 0 Å². The third kappa shape index (κ3) is 10.3. The molecule has 0 bridgehead atoms. The van der Waals surface area contributed by atoms with Crippen LogP contribution in [0.3, 0.4) is 0 Å². The van der Waals surface area contributed by atoms with Crippen LogP contribution in [0.25, 0.3) is 0 Å². The van der Waals surface area contributed by atoms with Gasteiger partial charge in [-0.3, -0.25) is 9.79 Å². The monoisotopic (exact) mass is 513 g/mol. The van der Waals surface area contributed by atoms with Gasteiger partial charge in [0.15, 0.2) is 5.96 Å². The van der Waals surface area contributed by atoms with Crippen molar-refractivity contribution in [3.8, 4) is 0 Å². The van der Waals surface area contributed by atoms with Crippen molar-refractivity contribution < 1.29 is 13.9 Å². The molecule has 0 aliphatic heterocycles. The van der Waals surface area contributed by atoms with Crippen LogP contribution in [0, 0.1) is 0 Å². The molecule has 6 nitrogen and oxygen atoms in total. The Morgan fingerprint density at radius 2 is 1.90 bits per heavy atom. The van der Waals surface area contributed by atoms with Gasteiger partial charge in [-0.25, -0.2) is 0 Å². The van der Waals surface area contributed by atoms with E-state index in [1.54, 1.807) is 6.26 Å². The lowest BCUT2D eigenvalue weighted by Crippen LogP contribution is -2.40. The molecule has 2 rings (SSSR count).